The van der Waals surface area contributed by atoms with Crippen LogP contribution in [0.4, 0.5) is 10.5 Å². The van der Waals surface area contributed by atoms with Crippen LogP contribution in [0.2, 0.25) is 0 Å². The van der Waals surface area contributed by atoms with Gasteiger partial charge in [0.25, 0.3) is 5.91 Å². The number of urea groups is 1. The second kappa shape index (κ2) is 6.48. The molecule has 0 aliphatic rings. The van der Waals surface area contributed by atoms with Crippen LogP contribution < -0.4 is 21.1 Å². The van der Waals surface area contributed by atoms with Crippen molar-refractivity contribution in [2.45, 2.75) is 6.92 Å². The Kier molecular flexibility index (Phi) is 4.98. The molecule has 1 aromatic carbocycles. The molecule has 3 N–H and O–H groups in total. The van der Waals surface area contributed by atoms with Crippen molar-refractivity contribution in [2.75, 3.05) is 25.5 Å². The average molecular weight is 250 g/mol. The van der Waals surface area contributed by atoms with Crippen molar-refractivity contribution in [3.63, 3.8) is 0 Å². The monoisotopic (exact) mass is 250 g/mol. The Morgan fingerprint density at radius 3 is 2.56 bits per heavy atom. The third kappa shape index (κ3) is 3.97. The van der Waals surface area contributed by atoms with E-state index in [-0.39, 0.29) is 5.91 Å². The lowest BCUT2D eigenvalue weighted by Gasteiger charge is -2.13. The molecule has 0 aliphatic heterocycles. The van der Waals surface area contributed by atoms with Gasteiger partial charge >= 0.3 is 6.03 Å². The second-order valence-corrected chi connectivity index (χ2v) is 3.88. The van der Waals surface area contributed by atoms with Crippen LogP contribution in [0.25, 0.3) is 0 Å². The van der Waals surface area contributed by atoms with Gasteiger partial charge in [0, 0.05) is 31.9 Å². The molecule has 0 fully saturated rings. The summed E-state index contributed by atoms with van der Waals surface area (Å²) in [5.74, 6) is -0.357. The molecule has 98 valence electrons. The van der Waals surface area contributed by atoms with Crippen molar-refractivity contribution in [1.82, 2.24) is 16.2 Å². The third-order valence-corrected chi connectivity index (χ3v) is 2.25. The van der Waals surface area contributed by atoms with Crippen molar-refractivity contribution in [1.29, 1.82) is 0 Å². The summed E-state index contributed by atoms with van der Waals surface area (Å²) in [6.07, 6.45) is 0. The zero-order valence-corrected chi connectivity index (χ0v) is 10.8. The first-order chi connectivity index (χ1) is 8.54. The molecular weight excluding hydrogens is 232 g/mol. The van der Waals surface area contributed by atoms with E-state index in [1.54, 1.807) is 25.1 Å². The number of anilines is 1. The quantitative estimate of drug-likeness (QED) is 0.692. The molecule has 1 aromatic rings. The molecule has 0 heterocycles. The number of rotatable bonds is 3. The highest BCUT2D eigenvalue weighted by Crippen LogP contribution is 2.12. The molecule has 0 saturated carbocycles. The van der Waals surface area contributed by atoms with Crippen LogP contribution in [0, 0.1) is 0 Å². The summed E-state index contributed by atoms with van der Waals surface area (Å²) in [5.41, 5.74) is 6.00. The number of nitrogens with one attached hydrogen (secondary N) is 3. The number of hydrogen-bond donors (Lipinski definition) is 3. The number of hydrazine groups is 1. The van der Waals surface area contributed by atoms with Gasteiger partial charge in [-0.3, -0.25) is 10.2 Å². The normalized spacial score (nSPS) is 9.50. The third-order valence-electron chi connectivity index (χ3n) is 2.25. The van der Waals surface area contributed by atoms with Crippen molar-refractivity contribution in [3.8, 4) is 0 Å². The summed E-state index contributed by atoms with van der Waals surface area (Å²) in [6, 6.07) is 6.68. The molecule has 0 aromatic heterocycles. The Morgan fingerprint density at radius 1 is 1.22 bits per heavy atom. The lowest BCUT2D eigenvalue weighted by atomic mass is 10.2. The largest absolute Gasteiger partial charge is 0.378 e. The van der Waals surface area contributed by atoms with Crippen LogP contribution in [0.5, 0.6) is 0 Å². The standard InChI is InChI=1S/C12H18N4O2/c1-4-13-12(18)15-14-11(17)9-6-5-7-10(8-9)16(2)3/h5-8H,4H2,1-3H3,(H,14,17)(H2,13,15,18). The Balaban J connectivity index is 2.61. The van der Waals surface area contributed by atoms with E-state index in [0.29, 0.717) is 12.1 Å². The van der Waals surface area contributed by atoms with Gasteiger partial charge < -0.3 is 10.2 Å². The molecule has 3 amide bonds. The molecule has 0 aliphatic carbocycles. The van der Waals surface area contributed by atoms with E-state index in [1.165, 1.54) is 0 Å². The molecular formula is C12H18N4O2. The van der Waals surface area contributed by atoms with Crippen molar-refractivity contribution in [3.05, 3.63) is 29.8 Å². The Bertz CT molecular complexity index is 432. The van der Waals surface area contributed by atoms with Crippen LogP contribution in [0.15, 0.2) is 24.3 Å². The summed E-state index contributed by atoms with van der Waals surface area (Å²) in [7, 11) is 3.79. The first-order valence-electron chi connectivity index (χ1n) is 5.66. The summed E-state index contributed by atoms with van der Waals surface area (Å²) in [5, 5.41) is 2.51. The van der Waals surface area contributed by atoms with E-state index in [9.17, 15) is 9.59 Å². The fraction of sp³-hybridized carbons (Fsp3) is 0.333. The molecule has 0 unspecified atom stereocenters. The number of hydrogen-bond acceptors (Lipinski definition) is 3. The van der Waals surface area contributed by atoms with E-state index in [4.69, 9.17) is 0 Å². The minimum Gasteiger partial charge on any atom is -0.378 e. The van der Waals surface area contributed by atoms with Gasteiger partial charge in [0.05, 0.1) is 0 Å². The van der Waals surface area contributed by atoms with Gasteiger partial charge in [-0.15, -0.1) is 0 Å². The van der Waals surface area contributed by atoms with Gasteiger partial charge in [0.2, 0.25) is 0 Å². The Morgan fingerprint density at radius 2 is 1.94 bits per heavy atom. The predicted molar refractivity (Wildman–Crippen MR) is 70.4 cm³/mol. The smallest absolute Gasteiger partial charge is 0.333 e. The number of nitrogens with zero attached hydrogens (tertiary/aromatic N) is 1. The minimum atomic E-state index is -0.436. The summed E-state index contributed by atoms with van der Waals surface area (Å²) >= 11 is 0. The minimum absolute atomic E-state index is 0.357. The first kappa shape index (κ1) is 13.8. The maximum Gasteiger partial charge on any atom is 0.333 e. The van der Waals surface area contributed by atoms with Crippen molar-refractivity contribution < 1.29 is 9.59 Å². The summed E-state index contributed by atoms with van der Waals surface area (Å²) in [6.45, 7) is 2.29. The maximum absolute atomic E-state index is 11.8. The zero-order valence-electron chi connectivity index (χ0n) is 10.8. The molecule has 18 heavy (non-hydrogen) atoms. The highest BCUT2D eigenvalue weighted by Gasteiger charge is 2.07. The zero-order chi connectivity index (χ0) is 13.5. The molecule has 0 atom stereocenters. The first-order valence-corrected chi connectivity index (χ1v) is 5.66. The van der Waals surface area contributed by atoms with Gasteiger partial charge in [-0.1, -0.05) is 6.07 Å². The van der Waals surface area contributed by atoms with Crippen molar-refractivity contribution in [2.24, 2.45) is 0 Å². The molecule has 6 nitrogen and oxygen atoms in total. The lowest BCUT2D eigenvalue weighted by Crippen LogP contribution is -2.46. The van der Waals surface area contributed by atoms with Crippen LogP contribution in [-0.4, -0.2) is 32.6 Å². The van der Waals surface area contributed by atoms with E-state index >= 15 is 0 Å². The number of carbonyl (C=O) groups excluding carboxylic acids is 2. The summed E-state index contributed by atoms with van der Waals surface area (Å²) < 4.78 is 0. The van der Waals surface area contributed by atoms with Crippen LogP contribution >= 0.6 is 0 Å². The average Bonchev–Trinajstić information content (AvgIpc) is 2.36. The van der Waals surface area contributed by atoms with Crippen LogP contribution in [0.3, 0.4) is 0 Å². The van der Waals surface area contributed by atoms with E-state index in [2.05, 4.69) is 16.2 Å². The number of amides is 3. The fourth-order valence-electron chi connectivity index (χ4n) is 1.32. The Labute approximate surface area is 106 Å². The van der Waals surface area contributed by atoms with E-state index < -0.39 is 6.03 Å². The van der Waals surface area contributed by atoms with Crippen LogP contribution in [-0.2, 0) is 0 Å². The molecule has 1 rings (SSSR count). The van der Waals surface area contributed by atoms with Gasteiger partial charge in [0.1, 0.15) is 0 Å². The molecule has 0 radical (unpaired) electrons. The molecule has 0 saturated heterocycles. The molecule has 0 spiro atoms. The summed E-state index contributed by atoms with van der Waals surface area (Å²) in [4.78, 5) is 24.8. The van der Waals surface area contributed by atoms with Gasteiger partial charge in [-0.25, -0.2) is 10.2 Å². The van der Waals surface area contributed by atoms with Gasteiger partial charge in [-0.05, 0) is 25.1 Å². The SMILES string of the molecule is CCNC(=O)NNC(=O)c1cccc(N(C)C)c1. The maximum atomic E-state index is 11.8. The highest BCUT2D eigenvalue weighted by molar-refractivity contribution is 5.96. The highest BCUT2D eigenvalue weighted by atomic mass is 16.2. The number of benzene rings is 1. The van der Waals surface area contributed by atoms with Gasteiger partial charge in [-0.2, -0.15) is 0 Å². The van der Waals surface area contributed by atoms with E-state index in [1.807, 2.05) is 25.1 Å². The van der Waals surface area contributed by atoms with Crippen molar-refractivity contribution >= 4 is 17.6 Å². The van der Waals surface area contributed by atoms with Crippen LogP contribution in [0.1, 0.15) is 17.3 Å². The Hall–Kier alpha value is -2.24. The lowest BCUT2D eigenvalue weighted by molar-refractivity contribution is 0.0936. The second-order valence-electron chi connectivity index (χ2n) is 3.88. The molecule has 6 heteroatoms. The predicted octanol–water partition coefficient (Wildman–Crippen LogP) is 0.716. The number of carbonyl (C=O) groups is 2. The fourth-order valence-corrected chi connectivity index (χ4v) is 1.32. The van der Waals surface area contributed by atoms with Gasteiger partial charge in [0.15, 0.2) is 0 Å². The topological polar surface area (TPSA) is 73.5 Å². The van der Waals surface area contributed by atoms with E-state index in [0.717, 1.165) is 5.69 Å². The molecule has 0 bridgehead atoms.